The molecule has 0 fully saturated rings. The SMILES string of the molecule is CC(C)=CCC/C(C)=C/COc1ccc(/C=C/C=O)cc1. The van der Waals surface area contributed by atoms with E-state index in [4.69, 9.17) is 4.74 Å². The van der Waals surface area contributed by atoms with Gasteiger partial charge in [-0.2, -0.15) is 0 Å². The van der Waals surface area contributed by atoms with E-state index >= 15 is 0 Å². The van der Waals surface area contributed by atoms with Crippen molar-refractivity contribution in [2.45, 2.75) is 33.6 Å². The third-order valence-corrected chi connectivity index (χ3v) is 3.02. The summed E-state index contributed by atoms with van der Waals surface area (Å²) in [6.45, 7) is 6.96. The fourth-order valence-electron chi connectivity index (χ4n) is 1.80. The molecule has 0 aromatic heterocycles. The summed E-state index contributed by atoms with van der Waals surface area (Å²) in [7, 11) is 0. The van der Waals surface area contributed by atoms with E-state index in [-0.39, 0.29) is 0 Å². The van der Waals surface area contributed by atoms with E-state index in [0.29, 0.717) is 6.61 Å². The minimum Gasteiger partial charge on any atom is -0.490 e. The average molecular weight is 284 g/mol. The second-order valence-corrected chi connectivity index (χ2v) is 5.25. The van der Waals surface area contributed by atoms with Gasteiger partial charge in [0.2, 0.25) is 0 Å². The van der Waals surface area contributed by atoms with Crippen LogP contribution in [0.25, 0.3) is 6.08 Å². The van der Waals surface area contributed by atoms with Crippen molar-refractivity contribution in [1.82, 2.24) is 0 Å². The maximum Gasteiger partial charge on any atom is 0.142 e. The molecule has 0 heterocycles. The Morgan fingerprint density at radius 2 is 1.81 bits per heavy atom. The highest BCUT2D eigenvalue weighted by Crippen LogP contribution is 2.14. The molecular weight excluding hydrogens is 260 g/mol. The second-order valence-electron chi connectivity index (χ2n) is 5.25. The lowest BCUT2D eigenvalue weighted by atomic mass is 10.1. The zero-order valence-corrected chi connectivity index (χ0v) is 13.1. The number of rotatable bonds is 8. The van der Waals surface area contributed by atoms with Crippen LogP contribution in [0.3, 0.4) is 0 Å². The van der Waals surface area contributed by atoms with Gasteiger partial charge in [-0.25, -0.2) is 0 Å². The number of carbonyl (C=O) groups excluding carboxylic acids is 1. The molecule has 112 valence electrons. The van der Waals surface area contributed by atoms with Gasteiger partial charge in [0.05, 0.1) is 0 Å². The van der Waals surface area contributed by atoms with Crippen molar-refractivity contribution in [3.8, 4) is 5.75 Å². The number of allylic oxidation sites excluding steroid dienone is 4. The van der Waals surface area contributed by atoms with Gasteiger partial charge in [0.1, 0.15) is 18.6 Å². The van der Waals surface area contributed by atoms with E-state index in [1.807, 2.05) is 24.3 Å². The molecule has 0 aliphatic carbocycles. The molecule has 0 saturated heterocycles. The van der Waals surface area contributed by atoms with E-state index in [1.165, 1.54) is 17.2 Å². The maximum absolute atomic E-state index is 10.2. The molecule has 0 atom stereocenters. The fourth-order valence-corrected chi connectivity index (χ4v) is 1.80. The van der Waals surface area contributed by atoms with Crippen LogP contribution in [0.4, 0.5) is 0 Å². The Kier molecular flexibility index (Phi) is 7.88. The highest BCUT2D eigenvalue weighted by atomic mass is 16.5. The summed E-state index contributed by atoms with van der Waals surface area (Å²) in [5.74, 6) is 0.839. The monoisotopic (exact) mass is 284 g/mol. The first-order valence-corrected chi connectivity index (χ1v) is 7.25. The Labute approximate surface area is 127 Å². The van der Waals surface area contributed by atoms with Gasteiger partial charge < -0.3 is 4.74 Å². The molecule has 1 aromatic carbocycles. The van der Waals surface area contributed by atoms with Crippen molar-refractivity contribution in [2.75, 3.05) is 6.61 Å². The molecular formula is C19H24O2. The summed E-state index contributed by atoms with van der Waals surface area (Å²) in [5, 5.41) is 0. The van der Waals surface area contributed by atoms with Crippen LogP contribution in [0.2, 0.25) is 0 Å². The third kappa shape index (κ3) is 7.93. The first-order valence-electron chi connectivity index (χ1n) is 7.25. The second kappa shape index (κ2) is 9.76. The summed E-state index contributed by atoms with van der Waals surface area (Å²) in [4.78, 5) is 10.2. The molecule has 0 spiro atoms. The molecule has 2 nitrogen and oxygen atoms in total. The molecule has 21 heavy (non-hydrogen) atoms. The van der Waals surface area contributed by atoms with Crippen molar-refractivity contribution in [1.29, 1.82) is 0 Å². The van der Waals surface area contributed by atoms with Crippen molar-refractivity contribution < 1.29 is 9.53 Å². The highest BCUT2D eigenvalue weighted by Gasteiger charge is 1.93. The van der Waals surface area contributed by atoms with Gasteiger partial charge in [0.15, 0.2) is 0 Å². The predicted octanol–water partition coefficient (Wildman–Crippen LogP) is 4.97. The van der Waals surface area contributed by atoms with Crippen LogP contribution in [0.15, 0.2) is 53.6 Å². The smallest absolute Gasteiger partial charge is 0.142 e. The summed E-state index contributed by atoms with van der Waals surface area (Å²) >= 11 is 0. The number of aldehydes is 1. The largest absolute Gasteiger partial charge is 0.490 e. The summed E-state index contributed by atoms with van der Waals surface area (Å²) in [6.07, 6.45) is 10.6. The minimum absolute atomic E-state index is 0.587. The van der Waals surface area contributed by atoms with E-state index in [1.54, 1.807) is 6.08 Å². The third-order valence-electron chi connectivity index (χ3n) is 3.02. The molecule has 1 rings (SSSR count). The van der Waals surface area contributed by atoms with Crippen molar-refractivity contribution in [3.63, 3.8) is 0 Å². The molecule has 0 aliphatic heterocycles. The van der Waals surface area contributed by atoms with Crippen LogP contribution in [0.5, 0.6) is 5.75 Å². The lowest BCUT2D eigenvalue weighted by molar-refractivity contribution is -0.104. The van der Waals surface area contributed by atoms with Gasteiger partial charge >= 0.3 is 0 Å². The zero-order valence-electron chi connectivity index (χ0n) is 13.1. The Morgan fingerprint density at radius 1 is 1.10 bits per heavy atom. The van der Waals surface area contributed by atoms with Gasteiger partial charge in [-0.1, -0.05) is 35.4 Å². The lowest BCUT2D eigenvalue weighted by Gasteiger charge is -2.05. The van der Waals surface area contributed by atoms with Crippen molar-refractivity contribution in [3.05, 3.63) is 59.2 Å². The number of ether oxygens (including phenoxy) is 1. The van der Waals surface area contributed by atoms with Crippen LogP contribution >= 0.6 is 0 Å². The van der Waals surface area contributed by atoms with Crippen LogP contribution < -0.4 is 4.74 Å². The van der Waals surface area contributed by atoms with Crippen molar-refractivity contribution in [2.24, 2.45) is 0 Å². The molecule has 0 radical (unpaired) electrons. The Balaban J connectivity index is 2.39. The van der Waals surface area contributed by atoms with E-state index in [9.17, 15) is 4.79 Å². The van der Waals surface area contributed by atoms with Gasteiger partial charge in [-0.3, -0.25) is 4.79 Å². The highest BCUT2D eigenvalue weighted by molar-refractivity contribution is 5.73. The Hall–Kier alpha value is -2.09. The zero-order chi connectivity index (χ0) is 15.5. The number of hydrogen-bond donors (Lipinski definition) is 0. The van der Waals surface area contributed by atoms with E-state index < -0.39 is 0 Å². The van der Waals surface area contributed by atoms with Gasteiger partial charge in [-0.05, 0) is 63.5 Å². The molecule has 0 aliphatic rings. The van der Waals surface area contributed by atoms with Gasteiger partial charge in [-0.15, -0.1) is 0 Å². The molecule has 2 heteroatoms. The topological polar surface area (TPSA) is 26.3 Å². The van der Waals surface area contributed by atoms with E-state index in [0.717, 1.165) is 30.4 Å². The number of benzene rings is 1. The number of hydrogen-bond acceptors (Lipinski definition) is 2. The molecule has 0 N–H and O–H groups in total. The molecule has 0 saturated carbocycles. The van der Waals surface area contributed by atoms with Crippen LogP contribution in [0, 0.1) is 0 Å². The first-order chi connectivity index (χ1) is 10.1. The lowest BCUT2D eigenvalue weighted by Crippen LogP contribution is -1.94. The van der Waals surface area contributed by atoms with Gasteiger partial charge in [0, 0.05) is 0 Å². The molecule has 0 amide bonds. The van der Waals surface area contributed by atoms with Crippen molar-refractivity contribution >= 4 is 12.4 Å². The maximum atomic E-state index is 10.2. The molecule has 1 aromatic rings. The quantitative estimate of drug-likeness (QED) is 0.383. The summed E-state index contributed by atoms with van der Waals surface area (Å²) in [5.41, 5.74) is 3.70. The standard InChI is InChI=1S/C19H24O2/c1-16(2)6-4-7-17(3)13-15-21-19-11-9-18(10-12-19)8-5-14-20/h5-6,8-14H,4,7,15H2,1-3H3/b8-5+,17-13+. The average Bonchev–Trinajstić information content (AvgIpc) is 2.46. The summed E-state index contributed by atoms with van der Waals surface area (Å²) < 4.78 is 5.68. The van der Waals surface area contributed by atoms with Gasteiger partial charge in [0.25, 0.3) is 0 Å². The van der Waals surface area contributed by atoms with E-state index in [2.05, 4.69) is 32.9 Å². The Morgan fingerprint density at radius 3 is 2.43 bits per heavy atom. The number of carbonyl (C=O) groups is 1. The van der Waals surface area contributed by atoms with Crippen LogP contribution in [-0.4, -0.2) is 12.9 Å². The normalized spacial score (nSPS) is 11.5. The molecule has 0 bridgehead atoms. The fraction of sp³-hybridized carbons (Fsp3) is 0.316. The summed E-state index contributed by atoms with van der Waals surface area (Å²) in [6, 6.07) is 7.69. The molecule has 0 unspecified atom stereocenters. The van der Waals surface area contributed by atoms with Crippen LogP contribution in [0.1, 0.15) is 39.2 Å². The van der Waals surface area contributed by atoms with Crippen LogP contribution in [-0.2, 0) is 4.79 Å². The predicted molar refractivity (Wildman–Crippen MR) is 89.5 cm³/mol. The minimum atomic E-state index is 0.587. The Bertz CT molecular complexity index is 515. The first kappa shape index (κ1) is 17.0.